The second-order valence-corrected chi connectivity index (χ2v) is 7.73. The number of aromatic nitrogens is 2. The number of amides is 3. The fraction of sp³-hybridized carbons (Fsp3) is 0.667. The molecular weight excluding hydrogens is 350 g/mol. The third-order valence-electron chi connectivity index (χ3n) is 5.30. The monoisotopic (exact) mass is 377 g/mol. The van der Waals surface area contributed by atoms with Crippen LogP contribution in [0.4, 0.5) is 9.59 Å². The van der Waals surface area contributed by atoms with Gasteiger partial charge in [-0.1, -0.05) is 13.8 Å². The maximum atomic E-state index is 12.8. The van der Waals surface area contributed by atoms with Crippen LogP contribution in [-0.2, 0) is 11.3 Å². The summed E-state index contributed by atoms with van der Waals surface area (Å²) < 4.78 is 1.65. The Hall–Kier alpha value is -2.58. The highest BCUT2D eigenvalue weighted by atomic mass is 16.4. The molecular formula is C18H27N5O4. The normalized spacial score (nSPS) is 18.7. The van der Waals surface area contributed by atoms with Gasteiger partial charge in [0.1, 0.15) is 11.9 Å². The Morgan fingerprint density at radius 3 is 2.56 bits per heavy atom. The number of rotatable bonds is 5. The lowest BCUT2D eigenvalue weighted by Crippen LogP contribution is -2.53. The molecule has 0 aromatic carbocycles. The van der Waals surface area contributed by atoms with Gasteiger partial charge >= 0.3 is 12.1 Å². The Morgan fingerprint density at radius 2 is 2.00 bits per heavy atom. The summed E-state index contributed by atoms with van der Waals surface area (Å²) in [4.78, 5) is 44.2. The van der Waals surface area contributed by atoms with E-state index in [-0.39, 0.29) is 23.9 Å². The van der Waals surface area contributed by atoms with E-state index in [0.717, 1.165) is 5.69 Å². The van der Waals surface area contributed by atoms with Crippen molar-refractivity contribution in [2.24, 2.45) is 5.92 Å². The van der Waals surface area contributed by atoms with E-state index in [1.807, 2.05) is 25.7 Å². The SMILES string of the molecule is Cc1ncc2n1C(=O)N(C1CCN(C(=O)C(CC(C)C)NC(=O)O)CC1)C2. The fourth-order valence-electron chi connectivity index (χ4n) is 3.98. The van der Waals surface area contributed by atoms with Crippen LogP contribution >= 0.6 is 0 Å². The number of carbonyl (C=O) groups is 3. The van der Waals surface area contributed by atoms with Crippen LogP contribution in [0.1, 0.15) is 44.6 Å². The largest absolute Gasteiger partial charge is 0.465 e. The van der Waals surface area contributed by atoms with E-state index >= 15 is 0 Å². The molecule has 3 amide bonds. The molecule has 9 nitrogen and oxygen atoms in total. The maximum Gasteiger partial charge on any atom is 0.405 e. The van der Waals surface area contributed by atoms with Gasteiger partial charge in [0.25, 0.3) is 0 Å². The van der Waals surface area contributed by atoms with Crippen LogP contribution < -0.4 is 5.32 Å². The second-order valence-electron chi connectivity index (χ2n) is 7.73. The zero-order chi connectivity index (χ0) is 19.7. The summed E-state index contributed by atoms with van der Waals surface area (Å²) in [6.45, 7) is 7.33. The molecule has 27 heavy (non-hydrogen) atoms. The minimum atomic E-state index is -1.18. The average molecular weight is 377 g/mol. The zero-order valence-electron chi connectivity index (χ0n) is 16.0. The van der Waals surface area contributed by atoms with Gasteiger partial charge in [0.2, 0.25) is 5.91 Å². The number of piperidine rings is 1. The smallest absolute Gasteiger partial charge is 0.405 e. The summed E-state index contributed by atoms with van der Waals surface area (Å²) in [6, 6.07) is -0.686. The minimum Gasteiger partial charge on any atom is -0.465 e. The molecule has 0 bridgehead atoms. The van der Waals surface area contributed by atoms with Gasteiger partial charge in [-0.3, -0.25) is 9.36 Å². The van der Waals surface area contributed by atoms with Gasteiger partial charge < -0.3 is 20.2 Å². The third-order valence-corrected chi connectivity index (χ3v) is 5.30. The van der Waals surface area contributed by atoms with Crippen molar-refractivity contribution >= 4 is 18.0 Å². The molecule has 3 heterocycles. The first-order chi connectivity index (χ1) is 12.8. The molecule has 1 aromatic rings. The van der Waals surface area contributed by atoms with Crippen molar-refractivity contribution in [1.29, 1.82) is 0 Å². The van der Waals surface area contributed by atoms with Crippen molar-refractivity contribution in [2.45, 2.75) is 58.7 Å². The van der Waals surface area contributed by atoms with Crippen LogP contribution in [0.5, 0.6) is 0 Å². The van der Waals surface area contributed by atoms with Crippen molar-refractivity contribution < 1.29 is 19.5 Å². The molecule has 2 N–H and O–H groups in total. The Kier molecular flexibility index (Phi) is 5.38. The topological polar surface area (TPSA) is 108 Å². The molecule has 2 aliphatic heterocycles. The molecule has 1 saturated heterocycles. The van der Waals surface area contributed by atoms with E-state index in [4.69, 9.17) is 5.11 Å². The third kappa shape index (κ3) is 3.91. The van der Waals surface area contributed by atoms with Gasteiger partial charge in [0.15, 0.2) is 0 Å². The van der Waals surface area contributed by atoms with E-state index in [1.54, 1.807) is 15.7 Å². The Balaban J connectivity index is 1.59. The van der Waals surface area contributed by atoms with Gasteiger partial charge in [-0.2, -0.15) is 0 Å². The quantitative estimate of drug-likeness (QED) is 0.811. The lowest BCUT2D eigenvalue weighted by atomic mass is 9.99. The molecule has 0 saturated carbocycles. The fourth-order valence-corrected chi connectivity index (χ4v) is 3.98. The van der Waals surface area contributed by atoms with Crippen molar-refractivity contribution in [1.82, 2.24) is 24.7 Å². The van der Waals surface area contributed by atoms with Crippen LogP contribution in [0, 0.1) is 12.8 Å². The number of carbonyl (C=O) groups excluding carboxylic acids is 2. The highest BCUT2D eigenvalue weighted by Crippen LogP contribution is 2.26. The molecule has 0 radical (unpaired) electrons. The molecule has 1 fully saturated rings. The van der Waals surface area contributed by atoms with Crippen LogP contribution in [0.3, 0.4) is 0 Å². The maximum absolute atomic E-state index is 12.8. The van der Waals surface area contributed by atoms with E-state index in [1.165, 1.54) is 0 Å². The molecule has 2 aliphatic rings. The van der Waals surface area contributed by atoms with Gasteiger partial charge in [0.05, 0.1) is 18.4 Å². The highest BCUT2D eigenvalue weighted by Gasteiger charge is 2.37. The molecule has 0 aliphatic carbocycles. The first-order valence-electron chi connectivity index (χ1n) is 9.40. The van der Waals surface area contributed by atoms with Crippen molar-refractivity contribution in [3.8, 4) is 0 Å². The van der Waals surface area contributed by atoms with Crippen LogP contribution in [0.15, 0.2) is 6.20 Å². The summed E-state index contributed by atoms with van der Waals surface area (Å²) in [7, 11) is 0. The second kappa shape index (κ2) is 7.58. The number of likely N-dealkylation sites (tertiary alicyclic amines) is 1. The lowest BCUT2D eigenvalue weighted by Gasteiger charge is -2.37. The summed E-state index contributed by atoms with van der Waals surface area (Å²) in [5.41, 5.74) is 0.902. The number of hydrogen-bond acceptors (Lipinski definition) is 4. The number of nitrogens with zero attached hydrogens (tertiary/aromatic N) is 4. The van der Waals surface area contributed by atoms with E-state index in [9.17, 15) is 14.4 Å². The predicted octanol–water partition coefficient (Wildman–Crippen LogP) is 1.65. The summed E-state index contributed by atoms with van der Waals surface area (Å²) in [5.74, 6) is 0.724. The number of aryl methyl sites for hydroxylation is 1. The number of nitrogens with one attached hydrogen (secondary N) is 1. The van der Waals surface area contributed by atoms with Crippen LogP contribution in [-0.4, -0.2) is 67.7 Å². The number of fused-ring (bicyclic) bond motifs is 1. The van der Waals surface area contributed by atoms with Gasteiger partial charge in [-0.15, -0.1) is 0 Å². The Labute approximate surface area is 158 Å². The van der Waals surface area contributed by atoms with Crippen molar-refractivity contribution in [2.75, 3.05) is 13.1 Å². The van der Waals surface area contributed by atoms with E-state index < -0.39 is 12.1 Å². The lowest BCUT2D eigenvalue weighted by molar-refractivity contribution is -0.135. The first-order valence-corrected chi connectivity index (χ1v) is 9.40. The molecule has 1 unspecified atom stereocenters. The Morgan fingerprint density at radius 1 is 1.33 bits per heavy atom. The van der Waals surface area contributed by atoms with E-state index in [0.29, 0.717) is 44.7 Å². The van der Waals surface area contributed by atoms with Crippen molar-refractivity contribution in [3.63, 3.8) is 0 Å². The molecule has 148 valence electrons. The molecule has 0 spiro atoms. The number of imidazole rings is 1. The zero-order valence-corrected chi connectivity index (χ0v) is 16.0. The standard InChI is InChI=1S/C18H27N5O4/c1-11(2)8-15(20-17(25)26)16(24)21-6-4-13(5-7-21)22-10-14-9-19-12(3)23(14)18(22)27/h9,11,13,15,20H,4-8,10H2,1-3H3,(H,25,26). The van der Waals surface area contributed by atoms with Gasteiger partial charge in [-0.05, 0) is 32.1 Å². The first kappa shape index (κ1) is 19.2. The molecule has 1 atom stereocenters. The highest BCUT2D eigenvalue weighted by molar-refractivity contribution is 5.85. The molecule has 9 heteroatoms. The number of carboxylic acid groups (broad SMARTS) is 1. The molecule has 3 rings (SSSR count). The number of hydrogen-bond donors (Lipinski definition) is 2. The summed E-state index contributed by atoms with van der Waals surface area (Å²) in [5, 5.41) is 11.4. The Bertz CT molecular complexity index is 736. The minimum absolute atomic E-state index is 0.0463. The van der Waals surface area contributed by atoms with Crippen LogP contribution in [0.2, 0.25) is 0 Å². The predicted molar refractivity (Wildman–Crippen MR) is 97.3 cm³/mol. The van der Waals surface area contributed by atoms with Gasteiger partial charge in [0, 0.05) is 19.1 Å². The van der Waals surface area contributed by atoms with Crippen molar-refractivity contribution in [3.05, 3.63) is 17.7 Å². The summed E-state index contributed by atoms with van der Waals surface area (Å²) in [6.07, 6.45) is 2.40. The van der Waals surface area contributed by atoms with Crippen LogP contribution in [0.25, 0.3) is 0 Å². The average Bonchev–Trinajstić information content (AvgIpc) is 3.13. The summed E-state index contributed by atoms with van der Waals surface area (Å²) >= 11 is 0. The van der Waals surface area contributed by atoms with Gasteiger partial charge in [-0.25, -0.2) is 14.6 Å². The van der Waals surface area contributed by atoms with E-state index in [2.05, 4.69) is 10.3 Å². The molecule has 1 aromatic heterocycles.